The quantitative estimate of drug-likeness (QED) is 0.131. The Morgan fingerprint density at radius 3 is 1.72 bits per heavy atom. The smallest absolute Gasteiger partial charge is 0.294 e. The summed E-state index contributed by atoms with van der Waals surface area (Å²) in [6, 6.07) is 22.6. The average molecular weight is 690 g/mol. The maximum atomic E-state index is 11.8. The molecule has 5 rings (SSSR count). The summed E-state index contributed by atoms with van der Waals surface area (Å²) in [5, 5.41) is 1.53. The summed E-state index contributed by atoms with van der Waals surface area (Å²) in [5.74, 6) is 0.508. The molecule has 0 atom stereocenters. The molecule has 248 valence electrons. The molecular weight excluding hydrogens is 647 g/mol. The maximum Gasteiger partial charge on any atom is 0.294 e. The lowest BCUT2D eigenvalue weighted by Crippen LogP contribution is -2.46. The molecule has 1 N–H and O–H groups in total. The normalized spacial score (nSPS) is 16.4. The van der Waals surface area contributed by atoms with E-state index in [4.69, 9.17) is 32.5 Å². The molecule has 2 fully saturated rings. The van der Waals surface area contributed by atoms with Crippen LogP contribution in [0.15, 0.2) is 77.7 Å². The van der Waals surface area contributed by atoms with Crippen LogP contribution in [-0.2, 0) is 24.4 Å². The Bertz CT molecular complexity index is 1460. The predicted molar refractivity (Wildman–Crippen MR) is 181 cm³/mol. The van der Waals surface area contributed by atoms with Gasteiger partial charge < -0.3 is 9.64 Å². The van der Waals surface area contributed by atoms with E-state index in [9.17, 15) is 18.0 Å². The number of halogens is 2. The van der Waals surface area contributed by atoms with E-state index in [1.165, 1.54) is 28.2 Å². The van der Waals surface area contributed by atoms with E-state index < -0.39 is 10.1 Å². The summed E-state index contributed by atoms with van der Waals surface area (Å²) >= 11 is 12.3. The van der Waals surface area contributed by atoms with Crippen molar-refractivity contribution in [2.75, 3.05) is 39.4 Å². The van der Waals surface area contributed by atoms with E-state index in [0.29, 0.717) is 18.4 Å². The number of carbonyl (C=O) groups excluding carboxylic acids is 2. The highest BCUT2D eigenvalue weighted by Gasteiger charge is 2.29. The molecule has 46 heavy (non-hydrogen) atoms. The van der Waals surface area contributed by atoms with Crippen LogP contribution in [0.1, 0.15) is 61.1 Å². The number of carbonyl (C=O) groups is 2. The Labute approximate surface area is 282 Å². The van der Waals surface area contributed by atoms with Crippen LogP contribution in [0.4, 0.5) is 0 Å². The number of amides is 2. The highest BCUT2D eigenvalue weighted by Crippen LogP contribution is 2.38. The Morgan fingerprint density at radius 2 is 1.24 bits per heavy atom. The lowest BCUT2D eigenvalue weighted by molar-refractivity contribution is -0.158. The van der Waals surface area contributed by atoms with E-state index >= 15 is 0 Å². The van der Waals surface area contributed by atoms with Crippen LogP contribution < -0.4 is 0 Å². The summed E-state index contributed by atoms with van der Waals surface area (Å²) in [5.41, 5.74) is 3.58. The summed E-state index contributed by atoms with van der Waals surface area (Å²) in [6.07, 6.45) is 6.49. The van der Waals surface area contributed by atoms with Gasteiger partial charge in [-0.3, -0.25) is 19.0 Å². The van der Waals surface area contributed by atoms with Crippen molar-refractivity contribution >= 4 is 45.1 Å². The summed E-state index contributed by atoms with van der Waals surface area (Å²) in [4.78, 5) is 27.4. The molecule has 0 saturated carbocycles. The number of likely N-dealkylation sites (tertiary alicyclic amines) is 1. The van der Waals surface area contributed by atoms with E-state index in [0.717, 1.165) is 73.8 Å². The first-order chi connectivity index (χ1) is 22.0. The zero-order chi connectivity index (χ0) is 33.1. The largest absolute Gasteiger partial charge is 0.362 e. The van der Waals surface area contributed by atoms with Gasteiger partial charge in [0, 0.05) is 22.5 Å². The van der Waals surface area contributed by atoms with Gasteiger partial charge in [-0.05, 0) is 106 Å². The first-order valence-electron chi connectivity index (χ1n) is 15.7. The third kappa shape index (κ3) is 10.9. The van der Waals surface area contributed by atoms with Crippen molar-refractivity contribution in [3.05, 3.63) is 99.5 Å². The summed E-state index contributed by atoms with van der Waals surface area (Å²) in [6.45, 7) is 5.74. The molecule has 8 nitrogen and oxygen atoms in total. The molecule has 2 amide bonds. The topological polar surface area (TPSA) is 104 Å². The van der Waals surface area contributed by atoms with Crippen molar-refractivity contribution in [1.82, 2.24) is 9.80 Å². The fourth-order valence-electron chi connectivity index (χ4n) is 6.03. The monoisotopic (exact) mass is 688 g/mol. The molecule has 11 heteroatoms. The number of imide groups is 1. The zero-order valence-electron chi connectivity index (χ0n) is 26.1. The predicted octanol–water partition coefficient (Wildman–Crippen LogP) is 7.02. The molecule has 2 aliphatic heterocycles. The third-order valence-electron chi connectivity index (χ3n) is 8.54. The molecule has 2 saturated heterocycles. The van der Waals surface area contributed by atoms with Crippen molar-refractivity contribution in [2.24, 2.45) is 5.92 Å². The SMILES string of the molecule is Cc1ccc(S(=O)(=O)O)cc1.O=C1COCC(=O)N1CCCCCCN1CCC(C(c2ccc(Cl)cc2)c2ccc(Cl)cc2)CC1. The first-order valence-corrected chi connectivity index (χ1v) is 17.9. The minimum Gasteiger partial charge on any atom is -0.362 e. The van der Waals surface area contributed by atoms with Crippen molar-refractivity contribution in [3.63, 3.8) is 0 Å². The summed E-state index contributed by atoms with van der Waals surface area (Å²) < 4.78 is 34.5. The highest BCUT2D eigenvalue weighted by molar-refractivity contribution is 7.85. The van der Waals surface area contributed by atoms with Gasteiger partial charge in [-0.1, -0.05) is 78.0 Å². The molecular formula is C35H42Cl2N2O6S. The van der Waals surface area contributed by atoms with E-state index in [1.807, 2.05) is 31.2 Å². The molecule has 0 bridgehead atoms. The van der Waals surface area contributed by atoms with Gasteiger partial charge in [0.15, 0.2) is 0 Å². The minimum absolute atomic E-state index is 0.0264. The number of benzene rings is 3. The van der Waals surface area contributed by atoms with Gasteiger partial charge >= 0.3 is 0 Å². The van der Waals surface area contributed by atoms with Gasteiger partial charge in [0.25, 0.3) is 21.9 Å². The number of unbranched alkanes of at least 4 members (excludes halogenated alkanes) is 3. The Balaban J connectivity index is 0.000000369. The van der Waals surface area contributed by atoms with Crippen LogP contribution >= 0.6 is 23.2 Å². The van der Waals surface area contributed by atoms with Gasteiger partial charge in [-0.2, -0.15) is 8.42 Å². The van der Waals surface area contributed by atoms with Crippen LogP contribution in [0.2, 0.25) is 10.0 Å². The van der Waals surface area contributed by atoms with Crippen LogP contribution in [0.3, 0.4) is 0 Å². The molecule has 2 heterocycles. The first kappa shape index (κ1) is 36.1. The summed E-state index contributed by atoms with van der Waals surface area (Å²) in [7, 11) is -4.02. The molecule has 0 radical (unpaired) electrons. The number of nitrogens with zero attached hydrogens (tertiary/aromatic N) is 2. The third-order valence-corrected chi connectivity index (χ3v) is 9.91. The Morgan fingerprint density at radius 1 is 0.761 bits per heavy atom. The van der Waals surface area contributed by atoms with E-state index in [-0.39, 0.29) is 29.9 Å². The van der Waals surface area contributed by atoms with Crippen LogP contribution in [0, 0.1) is 12.8 Å². The Kier molecular flexibility index (Phi) is 13.6. The second-order valence-electron chi connectivity index (χ2n) is 11.9. The standard InChI is InChI=1S/C28H34Cl2N2O3.C7H8O3S/c29-24-9-5-21(6-10-24)28(22-7-11-25(30)12-8-22)23-13-17-31(18-14-23)15-3-1-2-4-16-32-26(33)19-35-20-27(32)34;1-6-2-4-7(5-3-6)11(8,9)10/h5-12,23,28H,1-4,13-20H2;2-5H,1H3,(H,8,9,10). The zero-order valence-corrected chi connectivity index (χ0v) is 28.4. The minimum atomic E-state index is -4.02. The lowest BCUT2D eigenvalue weighted by atomic mass is 9.76. The molecule has 0 aliphatic carbocycles. The van der Waals surface area contributed by atoms with Crippen LogP contribution in [0.25, 0.3) is 0 Å². The van der Waals surface area contributed by atoms with Gasteiger partial charge in [-0.25, -0.2) is 0 Å². The lowest BCUT2D eigenvalue weighted by Gasteiger charge is -2.36. The molecule has 3 aromatic carbocycles. The molecule has 0 unspecified atom stereocenters. The molecule has 3 aromatic rings. The van der Waals surface area contributed by atoms with Crippen molar-refractivity contribution < 1.29 is 27.3 Å². The van der Waals surface area contributed by atoms with E-state index in [2.05, 4.69) is 29.2 Å². The van der Waals surface area contributed by atoms with Crippen molar-refractivity contribution in [3.8, 4) is 0 Å². The maximum absolute atomic E-state index is 11.8. The molecule has 2 aliphatic rings. The van der Waals surface area contributed by atoms with Crippen LogP contribution in [-0.4, -0.2) is 74.0 Å². The van der Waals surface area contributed by atoms with Crippen LogP contribution in [0.5, 0.6) is 0 Å². The van der Waals surface area contributed by atoms with Gasteiger partial charge in [0.05, 0.1) is 4.90 Å². The van der Waals surface area contributed by atoms with Gasteiger partial charge in [0.1, 0.15) is 13.2 Å². The number of ether oxygens (including phenoxy) is 1. The number of rotatable bonds is 11. The van der Waals surface area contributed by atoms with Gasteiger partial charge in [0.2, 0.25) is 0 Å². The average Bonchev–Trinajstić information content (AvgIpc) is 3.03. The van der Waals surface area contributed by atoms with Crippen molar-refractivity contribution in [1.29, 1.82) is 0 Å². The number of morpholine rings is 1. The fourth-order valence-corrected chi connectivity index (χ4v) is 6.76. The fraction of sp³-hybridized carbons (Fsp3) is 0.429. The molecule has 0 spiro atoms. The number of piperidine rings is 1. The van der Waals surface area contributed by atoms with E-state index in [1.54, 1.807) is 12.1 Å². The van der Waals surface area contributed by atoms with Crippen molar-refractivity contribution in [2.45, 2.75) is 56.3 Å². The highest BCUT2D eigenvalue weighted by atomic mass is 35.5. The second-order valence-corrected chi connectivity index (χ2v) is 14.2. The number of aryl methyl sites for hydroxylation is 1. The Hall–Kier alpha value is -2.79. The van der Waals surface area contributed by atoms with Gasteiger partial charge in [-0.15, -0.1) is 0 Å². The second kappa shape index (κ2) is 17.4. The number of hydrogen-bond acceptors (Lipinski definition) is 6. The number of hydrogen-bond donors (Lipinski definition) is 1. The molecule has 0 aromatic heterocycles.